The fraction of sp³-hybridized carbons (Fsp3) is 1.00. The number of hydrogen-bond donors (Lipinski definition) is 6. The molecule has 6 nitrogen and oxygen atoms in total. The van der Waals surface area contributed by atoms with Crippen LogP contribution in [0.1, 0.15) is 91.9 Å². The predicted molar refractivity (Wildman–Crippen MR) is 128 cm³/mol. The third-order valence-electron chi connectivity index (χ3n) is 10.3. The lowest BCUT2D eigenvalue weighted by Gasteiger charge is -2.64. The van der Waals surface area contributed by atoms with Crippen LogP contribution >= 0.6 is 0 Å². The minimum Gasteiger partial charge on any atom is -0.396 e. The highest BCUT2D eigenvalue weighted by Gasteiger charge is 2.63. The summed E-state index contributed by atoms with van der Waals surface area (Å²) < 4.78 is 0. The van der Waals surface area contributed by atoms with Crippen molar-refractivity contribution in [3.05, 3.63) is 0 Å². The van der Waals surface area contributed by atoms with E-state index in [0.717, 1.165) is 44.9 Å². The topological polar surface area (TPSA) is 121 Å². The first-order chi connectivity index (χ1) is 15.4. The Morgan fingerprint density at radius 1 is 0.970 bits per heavy atom. The standard InChI is InChI=1S/C27H50O6/c1-17(14-28)6-5-7-18(2)24(22(32)15-29)25(3)10-9-23-26(4)11-8-19(30)12-20(26)21(31)13-27(23,33)16-25/h17-24,28-33H,5-16H2,1-4H3. The van der Waals surface area contributed by atoms with E-state index in [0.29, 0.717) is 19.3 Å². The van der Waals surface area contributed by atoms with Crippen LogP contribution in [0.25, 0.3) is 0 Å². The molecule has 3 saturated carbocycles. The van der Waals surface area contributed by atoms with Crippen LogP contribution in [0, 0.1) is 40.4 Å². The van der Waals surface area contributed by atoms with Crippen molar-refractivity contribution in [1.29, 1.82) is 0 Å². The lowest BCUT2D eigenvalue weighted by atomic mass is 9.43. The Hall–Kier alpha value is -0.240. The summed E-state index contributed by atoms with van der Waals surface area (Å²) in [5, 5.41) is 63.5. The van der Waals surface area contributed by atoms with E-state index in [4.69, 9.17) is 0 Å². The zero-order valence-corrected chi connectivity index (χ0v) is 21.3. The molecule has 3 fully saturated rings. The SMILES string of the molecule is CC(CO)CCCC(C)C(C(O)CO)C1(C)CCC2C(O)(CC(O)C3CC(O)CCC32C)C1. The van der Waals surface area contributed by atoms with Gasteiger partial charge in [-0.1, -0.05) is 40.5 Å². The van der Waals surface area contributed by atoms with Gasteiger partial charge in [0.25, 0.3) is 0 Å². The molecule has 11 atom stereocenters. The summed E-state index contributed by atoms with van der Waals surface area (Å²) in [5.41, 5.74) is -1.53. The maximum absolute atomic E-state index is 12.0. The van der Waals surface area contributed by atoms with E-state index in [1.165, 1.54) is 0 Å². The summed E-state index contributed by atoms with van der Waals surface area (Å²) >= 11 is 0. The van der Waals surface area contributed by atoms with E-state index in [9.17, 15) is 30.6 Å². The molecule has 0 saturated heterocycles. The minimum absolute atomic E-state index is 0.0159. The van der Waals surface area contributed by atoms with Gasteiger partial charge in [0.15, 0.2) is 0 Å². The van der Waals surface area contributed by atoms with Crippen LogP contribution in [0.3, 0.4) is 0 Å². The van der Waals surface area contributed by atoms with Crippen molar-refractivity contribution in [3.8, 4) is 0 Å². The third kappa shape index (κ3) is 5.31. The minimum atomic E-state index is -1.00. The first kappa shape index (κ1) is 27.3. The lowest BCUT2D eigenvalue weighted by Crippen LogP contribution is -2.65. The number of rotatable bonds is 9. The number of hydrogen-bond acceptors (Lipinski definition) is 6. The van der Waals surface area contributed by atoms with Gasteiger partial charge < -0.3 is 30.6 Å². The molecule has 0 aromatic carbocycles. The average Bonchev–Trinajstić information content (AvgIpc) is 2.73. The fourth-order valence-electron chi connectivity index (χ4n) is 8.68. The molecule has 6 heteroatoms. The lowest BCUT2D eigenvalue weighted by molar-refractivity contribution is -0.238. The van der Waals surface area contributed by atoms with Crippen LogP contribution in [-0.2, 0) is 0 Å². The maximum atomic E-state index is 12.0. The first-order valence-corrected chi connectivity index (χ1v) is 13.4. The van der Waals surface area contributed by atoms with Crippen molar-refractivity contribution in [2.45, 2.75) is 116 Å². The van der Waals surface area contributed by atoms with Gasteiger partial charge in [-0.2, -0.15) is 0 Å². The van der Waals surface area contributed by atoms with Gasteiger partial charge in [-0.05, 0) is 85.4 Å². The largest absolute Gasteiger partial charge is 0.396 e. The highest BCUT2D eigenvalue weighted by Crippen LogP contribution is 2.64. The number of fused-ring (bicyclic) bond motifs is 3. The smallest absolute Gasteiger partial charge is 0.0806 e. The Morgan fingerprint density at radius 3 is 2.30 bits per heavy atom. The van der Waals surface area contributed by atoms with Crippen LogP contribution in [0.4, 0.5) is 0 Å². The molecule has 11 unspecified atom stereocenters. The molecule has 0 aromatic heterocycles. The zero-order valence-electron chi connectivity index (χ0n) is 21.3. The van der Waals surface area contributed by atoms with Crippen LogP contribution in [0.5, 0.6) is 0 Å². The summed E-state index contributed by atoms with van der Waals surface area (Å²) in [4.78, 5) is 0. The molecule has 3 rings (SSSR count). The Kier molecular flexibility index (Phi) is 8.62. The maximum Gasteiger partial charge on any atom is 0.0806 e. The van der Waals surface area contributed by atoms with Crippen LogP contribution in [-0.4, -0.2) is 67.8 Å². The summed E-state index contributed by atoms with van der Waals surface area (Å²) in [6, 6.07) is 0. The summed E-state index contributed by atoms with van der Waals surface area (Å²) in [6.07, 6.45) is 5.67. The molecule has 0 aromatic rings. The zero-order chi connectivity index (χ0) is 24.6. The Labute approximate surface area is 200 Å². The second-order valence-electron chi connectivity index (χ2n) is 12.8. The van der Waals surface area contributed by atoms with Crippen LogP contribution in [0.2, 0.25) is 0 Å². The first-order valence-electron chi connectivity index (χ1n) is 13.4. The van der Waals surface area contributed by atoms with Gasteiger partial charge >= 0.3 is 0 Å². The molecule has 3 aliphatic rings. The molecule has 0 spiro atoms. The van der Waals surface area contributed by atoms with Gasteiger partial charge in [0, 0.05) is 13.0 Å². The second-order valence-corrected chi connectivity index (χ2v) is 12.8. The molecule has 33 heavy (non-hydrogen) atoms. The Bertz CT molecular complexity index is 644. The molecule has 194 valence electrons. The molecular weight excluding hydrogens is 420 g/mol. The van der Waals surface area contributed by atoms with Crippen molar-refractivity contribution >= 4 is 0 Å². The number of aliphatic hydroxyl groups is 6. The quantitative estimate of drug-likeness (QED) is 0.308. The molecule has 3 aliphatic carbocycles. The third-order valence-corrected chi connectivity index (χ3v) is 10.3. The molecular formula is C27H50O6. The summed E-state index contributed by atoms with van der Waals surface area (Å²) in [5.74, 6) is 0.378. The monoisotopic (exact) mass is 470 g/mol. The molecule has 0 aliphatic heterocycles. The van der Waals surface area contributed by atoms with E-state index >= 15 is 0 Å². The average molecular weight is 471 g/mol. The van der Waals surface area contributed by atoms with E-state index in [-0.39, 0.29) is 59.7 Å². The van der Waals surface area contributed by atoms with Crippen molar-refractivity contribution in [3.63, 3.8) is 0 Å². The Balaban J connectivity index is 1.81. The van der Waals surface area contributed by atoms with Crippen molar-refractivity contribution in [1.82, 2.24) is 0 Å². The van der Waals surface area contributed by atoms with Gasteiger partial charge in [-0.25, -0.2) is 0 Å². The molecule has 0 bridgehead atoms. The molecule has 6 N–H and O–H groups in total. The van der Waals surface area contributed by atoms with Gasteiger partial charge in [-0.3, -0.25) is 0 Å². The highest BCUT2D eigenvalue weighted by molar-refractivity contribution is 5.13. The van der Waals surface area contributed by atoms with Gasteiger partial charge in [0.05, 0.1) is 30.5 Å². The summed E-state index contributed by atoms with van der Waals surface area (Å²) in [7, 11) is 0. The van der Waals surface area contributed by atoms with E-state index < -0.39 is 17.8 Å². The molecule has 0 heterocycles. The normalized spacial score (nSPS) is 44.9. The van der Waals surface area contributed by atoms with Crippen LogP contribution in [0.15, 0.2) is 0 Å². The fourth-order valence-corrected chi connectivity index (χ4v) is 8.68. The van der Waals surface area contributed by atoms with Gasteiger partial charge in [0.2, 0.25) is 0 Å². The van der Waals surface area contributed by atoms with Gasteiger partial charge in [-0.15, -0.1) is 0 Å². The van der Waals surface area contributed by atoms with E-state index in [2.05, 4.69) is 20.8 Å². The van der Waals surface area contributed by atoms with Crippen molar-refractivity contribution in [2.24, 2.45) is 40.4 Å². The van der Waals surface area contributed by atoms with E-state index in [1.54, 1.807) is 0 Å². The predicted octanol–water partition coefficient (Wildman–Crippen LogP) is 2.86. The number of aliphatic hydroxyl groups excluding tert-OH is 5. The van der Waals surface area contributed by atoms with Gasteiger partial charge in [0.1, 0.15) is 0 Å². The molecule has 0 radical (unpaired) electrons. The second kappa shape index (κ2) is 10.4. The van der Waals surface area contributed by atoms with Crippen molar-refractivity contribution in [2.75, 3.05) is 13.2 Å². The highest BCUT2D eigenvalue weighted by atomic mass is 16.3. The van der Waals surface area contributed by atoms with Crippen molar-refractivity contribution < 1.29 is 30.6 Å². The van der Waals surface area contributed by atoms with E-state index in [1.807, 2.05) is 6.92 Å². The molecule has 0 amide bonds. The summed E-state index contributed by atoms with van der Waals surface area (Å²) in [6.45, 7) is 8.43. The van der Waals surface area contributed by atoms with Crippen LogP contribution < -0.4 is 0 Å². The Morgan fingerprint density at radius 2 is 1.67 bits per heavy atom.